The van der Waals surface area contributed by atoms with Gasteiger partial charge in [0, 0.05) is 25.5 Å². The number of hydrogen-bond donors (Lipinski definition) is 2. The predicted octanol–water partition coefficient (Wildman–Crippen LogP) is 1.24. The van der Waals surface area contributed by atoms with E-state index in [2.05, 4.69) is 32.5 Å². The number of nitrogens with one attached hydrogen (secondary N) is 1. The highest BCUT2D eigenvalue weighted by Gasteiger charge is 2.19. The smallest absolute Gasteiger partial charge is 0.193 e. The minimum Gasteiger partial charge on any atom is -0.393 e. The summed E-state index contributed by atoms with van der Waals surface area (Å²) in [6, 6.07) is 0. The first-order valence-corrected chi connectivity index (χ1v) is 7.67. The van der Waals surface area contributed by atoms with Crippen molar-refractivity contribution < 1.29 is 5.11 Å². The van der Waals surface area contributed by atoms with E-state index in [-0.39, 0.29) is 6.10 Å². The van der Waals surface area contributed by atoms with Crippen LogP contribution in [0.5, 0.6) is 0 Å². The first kappa shape index (κ1) is 14.3. The fourth-order valence-corrected chi connectivity index (χ4v) is 2.92. The number of aliphatic hydroxyl groups is 1. The SMILES string of the molecule is CCc1nc(CNC(=NC)N2CCC(O)CC2)cs1. The van der Waals surface area contributed by atoms with E-state index in [4.69, 9.17) is 0 Å². The summed E-state index contributed by atoms with van der Waals surface area (Å²) in [5, 5.41) is 16.1. The molecule has 2 heterocycles. The van der Waals surface area contributed by atoms with E-state index >= 15 is 0 Å². The fraction of sp³-hybridized carbons (Fsp3) is 0.692. The molecule has 1 saturated heterocycles. The standard InChI is InChI=1S/C13H22N4OS/c1-3-12-16-10(9-19-12)8-15-13(14-2)17-6-4-11(18)5-7-17/h9,11,18H,3-8H2,1-2H3,(H,14,15). The lowest BCUT2D eigenvalue weighted by Crippen LogP contribution is -2.46. The maximum absolute atomic E-state index is 9.52. The first-order chi connectivity index (χ1) is 9.22. The van der Waals surface area contributed by atoms with E-state index in [1.807, 2.05) is 0 Å². The van der Waals surface area contributed by atoms with E-state index in [9.17, 15) is 5.11 Å². The van der Waals surface area contributed by atoms with E-state index in [0.29, 0.717) is 6.54 Å². The fourth-order valence-electron chi connectivity index (χ4n) is 2.17. The van der Waals surface area contributed by atoms with Gasteiger partial charge in [-0.15, -0.1) is 11.3 Å². The molecular formula is C13H22N4OS. The Balaban J connectivity index is 1.86. The number of likely N-dealkylation sites (tertiary alicyclic amines) is 1. The number of guanidine groups is 1. The molecule has 0 atom stereocenters. The molecular weight excluding hydrogens is 260 g/mol. The number of hydrogen-bond acceptors (Lipinski definition) is 4. The number of aromatic nitrogens is 1. The molecule has 19 heavy (non-hydrogen) atoms. The lowest BCUT2D eigenvalue weighted by Gasteiger charge is -2.32. The minimum absolute atomic E-state index is 0.153. The Morgan fingerprint density at radius 1 is 1.58 bits per heavy atom. The van der Waals surface area contributed by atoms with Gasteiger partial charge in [0.15, 0.2) is 5.96 Å². The molecule has 1 aromatic heterocycles. The van der Waals surface area contributed by atoms with Crippen LogP contribution in [0.4, 0.5) is 0 Å². The van der Waals surface area contributed by atoms with Crippen molar-refractivity contribution in [2.45, 2.75) is 38.8 Å². The van der Waals surface area contributed by atoms with Gasteiger partial charge in [0.2, 0.25) is 0 Å². The van der Waals surface area contributed by atoms with Gasteiger partial charge in [0.25, 0.3) is 0 Å². The molecule has 0 aromatic carbocycles. The highest BCUT2D eigenvalue weighted by molar-refractivity contribution is 7.09. The number of aryl methyl sites for hydroxylation is 1. The number of piperidine rings is 1. The van der Waals surface area contributed by atoms with Gasteiger partial charge in [-0.1, -0.05) is 6.92 Å². The Labute approximate surface area is 118 Å². The van der Waals surface area contributed by atoms with Gasteiger partial charge < -0.3 is 15.3 Å². The van der Waals surface area contributed by atoms with Gasteiger partial charge in [-0.3, -0.25) is 4.99 Å². The van der Waals surface area contributed by atoms with Crippen LogP contribution in [-0.4, -0.2) is 47.2 Å². The van der Waals surface area contributed by atoms with Gasteiger partial charge in [-0.2, -0.15) is 0 Å². The molecule has 6 heteroatoms. The van der Waals surface area contributed by atoms with Crippen LogP contribution >= 0.6 is 11.3 Å². The van der Waals surface area contributed by atoms with E-state index in [1.54, 1.807) is 18.4 Å². The first-order valence-electron chi connectivity index (χ1n) is 6.80. The van der Waals surface area contributed by atoms with Crippen LogP contribution in [0, 0.1) is 0 Å². The summed E-state index contributed by atoms with van der Waals surface area (Å²) in [6.07, 6.45) is 2.47. The second-order valence-corrected chi connectivity index (χ2v) is 5.65. The maximum atomic E-state index is 9.52. The normalized spacial score (nSPS) is 17.8. The second kappa shape index (κ2) is 6.86. The molecule has 1 fully saturated rings. The summed E-state index contributed by atoms with van der Waals surface area (Å²) in [5.74, 6) is 0.901. The molecule has 0 bridgehead atoms. The summed E-state index contributed by atoms with van der Waals surface area (Å²) in [5.41, 5.74) is 1.07. The summed E-state index contributed by atoms with van der Waals surface area (Å²) < 4.78 is 0. The minimum atomic E-state index is -0.153. The van der Waals surface area contributed by atoms with Crippen molar-refractivity contribution in [2.75, 3.05) is 20.1 Å². The van der Waals surface area contributed by atoms with Crippen molar-refractivity contribution in [1.29, 1.82) is 0 Å². The molecule has 1 aliphatic heterocycles. The zero-order valence-electron chi connectivity index (χ0n) is 11.6. The van der Waals surface area contributed by atoms with Crippen LogP contribution in [0.15, 0.2) is 10.4 Å². The lowest BCUT2D eigenvalue weighted by atomic mass is 10.1. The Bertz CT molecular complexity index is 424. The average molecular weight is 282 g/mol. The molecule has 0 aliphatic carbocycles. The highest BCUT2D eigenvalue weighted by Crippen LogP contribution is 2.12. The van der Waals surface area contributed by atoms with Crippen molar-refractivity contribution in [2.24, 2.45) is 4.99 Å². The average Bonchev–Trinajstić information content (AvgIpc) is 2.89. The Morgan fingerprint density at radius 3 is 2.89 bits per heavy atom. The molecule has 106 valence electrons. The molecule has 0 saturated carbocycles. The van der Waals surface area contributed by atoms with Crippen LogP contribution in [0.2, 0.25) is 0 Å². The van der Waals surface area contributed by atoms with Crippen molar-refractivity contribution in [3.63, 3.8) is 0 Å². The summed E-state index contributed by atoms with van der Waals surface area (Å²) >= 11 is 1.71. The third-order valence-corrected chi connectivity index (χ3v) is 4.35. The number of nitrogens with zero attached hydrogens (tertiary/aromatic N) is 3. The molecule has 1 aromatic rings. The van der Waals surface area contributed by atoms with Gasteiger partial charge in [0.1, 0.15) is 0 Å². The lowest BCUT2D eigenvalue weighted by molar-refractivity contribution is 0.108. The van der Waals surface area contributed by atoms with Crippen molar-refractivity contribution >= 4 is 17.3 Å². The third kappa shape index (κ3) is 3.91. The predicted molar refractivity (Wildman–Crippen MR) is 78.5 cm³/mol. The Morgan fingerprint density at radius 2 is 2.32 bits per heavy atom. The molecule has 1 aliphatic rings. The Kier molecular flexibility index (Phi) is 5.15. The van der Waals surface area contributed by atoms with Crippen molar-refractivity contribution in [3.8, 4) is 0 Å². The van der Waals surface area contributed by atoms with Gasteiger partial charge in [-0.05, 0) is 19.3 Å². The number of aliphatic hydroxyl groups excluding tert-OH is 1. The third-order valence-electron chi connectivity index (χ3n) is 3.31. The van der Waals surface area contributed by atoms with Gasteiger partial charge in [0.05, 0.1) is 23.4 Å². The van der Waals surface area contributed by atoms with E-state index < -0.39 is 0 Å². The van der Waals surface area contributed by atoms with Gasteiger partial charge in [-0.25, -0.2) is 4.98 Å². The van der Waals surface area contributed by atoms with Crippen LogP contribution in [-0.2, 0) is 13.0 Å². The molecule has 2 rings (SSSR count). The number of thiazole rings is 1. The summed E-state index contributed by atoms with van der Waals surface area (Å²) in [4.78, 5) is 11.0. The van der Waals surface area contributed by atoms with Crippen molar-refractivity contribution in [1.82, 2.24) is 15.2 Å². The molecule has 0 unspecified atom stereocenters. The molecule has 5 nitrogen and oxygen atoms in total. The summed E-state index contributed by atoms with van der Waals surface area (Å²) in [7, 11) is 1.80. The van der Waals surface area contributed by atoms with E-state index in [1.165, 1.54) is 5.01 Å². The number of rotatable bonds is 3. The topological polar surface area (TPSA) is 60.8 Å². The molecule has 0 radical (unpaired) electrons. The number of aliphatic imine (C=N–C) groups is 1. The van der Waals surface area contributed by atoms with Crippen molar-refractivity contribution in [3.05, 3.63) is 16.1 Å². The highest BCUT2D eigenvalue weighted by atomic mass is 32.1. The van der Waals surface area contributed by atoms with E-state index in [0.717, 1.165) is 44.0 Å². The largest absolute Gasteiger partial charge is 0.393 e. The van der Waals surface area contributed by atoms with Crippen LogP contribution in [0.25, 0.3) is 0 Å². The monoisotopic (exact) mass is 282 g/mol. The van der Waals surface area contributed by atoms with Crippen LogP contribution < -0.4 is 5.32 Å². The quantitative estimate of drug-likeness (QED) is 0.647. The zero-order chi connectivity index (χ0) is 13.7. The maximum Gasteiger partial charge on any atom is 0.193 e. The van der Waals surface area contributed by atoms with Crippen LogP contribution in [0.3, 0.4) is 0 Å². The van der Waals surface area contributed by atoms with Crippen LogP contribution in [0.1, 0.15) is 30.5 Å². The second-order valence-electron chi connectivity index (χ2n) is 4.71. The zero-order valence-corrected chi connectivity index (χ0v) is 12.4. The molecule has 0 amide bonds. The molecule has 0 spiro atoms. The molecule has 2 N–H and O–H groups in total. The summed E-state index contributed by atoms with van der Waals surface area (Å²) in [6.45, 7) is 4.55. The Hall–Kier alpha value is -1.14. The van der Waals surface area contributed by atoms with Gasteiger partial charge >= 0.3 is 0 Å².